The Hall–Kier alpha value is -3.12. The van der Waals surface area contributed by atoms with E-state index in [0.29, 0.717) is 21.9 Å². The number of hydrogen-bond acceptors (Lipinski definition) is 3. The minimum Gasteiger partial charge on any atom is -0.497 e. The van der Waals surface area contributed by atoms with Gasteiger partial charge in [0.2, 0.25) is 7.29 Å². The van der Waals surface area contributed by atoms with Crippen LogP contribution < -0.4 is 20.4 Å². The maximum Gasteiger partial charge on any atom is 0.205 e. The predicted octanol–water partition coefficient (Wildman–Crippen LogP) is 4.90. The van der Waals surface area contributed by atoms with E-state index in [0.717, 1.165) is 5.56 Å². The second-order valence-electron chi connectivity index (χ2n) is 7.06. The third-order valence-electron chi connectivity index (χ3n) is 5.22. The molecule has 3 aromatic carbocycles. The molecule has 4 nitrogen and oxygen atoms in total. The van der Waals surface area contributed by atoms with Gasteiger partial charge in [-0.1, -0.05) is 54.6 Å². The lowest BCUT2D eigenvalue weighted by Gasteiger charge is -2.36. The molecule has 30 heavy (non-hydrogen) atoms. The van der Waals surface area contributed by atoms with Crippen LogP contribution in [0.4, 0.5) is 0 Å². The Morgan fingerprint density at radius 3 is 2.03 bits per heavy atom. The third kappa shape index (κ3) is 4.09. The van der Waals surface area contributed by atoms with Gasteiger partial charge in [-0.2, -0.15) is 5.26 Å². The van der Waals surface area contributed by atoms with E-state index in [9.17, 15) is 9.83 Å². The Labute approximate surface area is 178 Å². The Balaban J connectivity index is 2.25. The van der Waals surface area contributed by atoms with Gasteiger partial charge in [0.1, 0.15) is 5.75 Å². The van der Waals surface area contributed by atoms with Crippen LogP contribution in [0.1, 0.15) is 19.4 Å². The molecule has 1 atom stereocenters. The summed E-state index contributed by atoms with van der Waals surface area (Å²) < 4.78 is 20.0. The Bertz CT molecular complexity index is 1080. The number of hydrogen-bond donors (Lipinski definition) is 1. The topological polar surface area (TPSA) is 62.1 Å². The van der Waals surface area contributed by atoms with Crippen LogP contribution in [0.3, 0.4) is 0 Å². The van der Waals surface area contributed by atoms with Crippen molar-refractivity contribution in [2.24, 2.45) is 0 Å². The molecule has 0 saturated carbocycles. The van der Waals surface area contributed by atoms with E-state index in [2.05, 4.69) is 11.2 Å². The van der Waals surface area contributed by atoms with Crippen LogP contribution in [-0.2, 0) is 10.1 Å². The number of methoxy groups -OCH3 is 1. The van der Waals surface area contributed by atoms with Gasteiger partial charge in [0.05, 0.1) is 18.7 Å². The minimum atomic E-state index is -3.30. The summed E-state index contributed by atoms with van der Waals surface area (Å²) in [6.07, 6.45) is 1.76. The van der Waals surface area contributed by atoms with Crippen molar-refractivity contribution < 1.29 is 9.30 Å². The standard InChI is InChI=1S/C25H25N2O2P/c1-4-20(19-26)25(2,21-12-11-13-22(18-21)29-3)27-30(28,23-14-7-5-8-15-23)24-16-9-6-10-17-24/h4-18H,1-3H3,(H,27,28)/b20-4+/t25-/m1/s1. The first-order valence-electron chi connectivity index (χ1n) is 9.70. The molecule has 0 aliphatic heterocycles. The molecular formula is C25H25N2O2P. The minimum absolute atomic E-state index is 0.475. The van der Waals surface area contributed by atoms with Crippen LogP contribution in [0.15, 0.2) is 96.6 Å². The van der Waals surface area contributed by atoms with Gasteiger partial charge in [0.15, 0.2) is 0 Å². The van der Waals surface area contributed by atoms with Crippen molar-refractivity contribution >= 4 is 17.9 Å². The molecule has 0 aliphatic rings. The number of nitrogens with zero attached hydrogens (tertiary/aromatic N) is 1. The van der Waals surface area contributed by atoms with Gasteiger partial charge in [-0.25, -0.2) is 5.09 Å². The first-order chi connectivity index (χ1) is 14.5. The number of nitrogens with one attached hydrogen (secondary N) is 1. The first kappa shape index (κ1) is 21.6. The van der Waals surface area contributed by atoms with E-state index >= 15 is 0 Å². The zero-order valence-electron chi connectivity index (χ0n) is 17.4. The number of nitriles is 1. The predicted molar refractivity (Wildman–Crippen MR) is 123 cm³/mol. The summed E-state index contributed by atoms with van der Waals surface area (Å²) in [6, 6.07) is 28.5. The van der Waals surface area contributed by atoms with Crippen LogP contribution in [0.2, 0.25) is 0 Å². The van der Waals surface area contributed by atoms with Gasteiger partial charge in [-0.15, -0.1) is 0 Å². The average Bonchev–Trinajstić information content (AvgIpc) is 2.81. The largest absolute Gasteiger partial charge is 0.497 e. The third-order valence-corrected chi connectivity index (χ3v) is 8.03. The number of rotatable bonds is 7. The van der Waals surface area contributed by atoms with Crippen molar-refractivity contribution in [3.63, 3.8) is 0 Å². The maximum atomic E-state index is 14.6. The number of benzene rings is 3. The smallest absolute Gasteiger partial charge is 0.205 e. The van der Waals surface area contributed by atoms with Crippen LogP contribution >= 0.6 is 7.29 Å². The number of allylic oxidation sites excluding steroid dienone is 1. The summed E-state index contributed by atoms with van der Waals surface area (Å²) in [5.41, 5.74) is 0.269. The highest BCUT2D eigenvalue weighted by molar-refractivity contribution is 7.77. The van der Waals surface area contributed by atoms with Gasteiger partial charge in [-0.05, 0) is 55.8 Å². The summed E-state index contributed by atoms with van der Waals surface area (Å²) in [5.74, 6) is 0.670. The van der Waals surface area contributed by atoms with Crippen LogP contribution in [-0.4, -0.2) is 7.11 Å². The molecule has 0 fully saturated rings. The van der Waals surface area contributed by atoms with E-state index in [-0.39, 0.29) is 0 Å². The molecule has 0 saturated heterocycles. The molecule has 1 N–H and O–H groups in total. The molecule has 3 rings (SSSR count). The highest BCUT2D eigenvalue weighted by atomic mass is 31.2. The van der Waals surface area contributed by atoms with Gasteiger partial charge in [0, 0.05) is 16.2 Å². The molecule has 152 valence electrons. The van der Waals surface area contributed by atoms with Crippen LogP contribution in [0, 0.1) is 11.3 Å². The Kier molecular flexibility index (Phi) is 6.57. The van der Waals surface area contributed by atoms with E-state index in [1.54, 1.807) is 13.2 Å². The lowest BCUT2D eigenvalue weighted by Crippen LogP contribution is -2.43. The molecule has 0 unspecified atom stereocenters. The average molecular weight is 416 g/mol. The summed E-state index contributed by atoms with van der Waals surface area (Å²) in [6.45, 7) is 3.70. The van der Waals surface area contributed by atoms with Crippen molar-refractivity contribution in [2.45, 2.75) is 19.4 Å². The van der Waals surface area contributed by atoms with Crippen LogP contribution in [0.5, 0.6) is 5.75 Å². The van der Waals surface area contributed by atoms with Gasteiger partial charge in [0.25, 0.3) is 0 Å². The molecule has 0 bridgehead atoms. The zero-order chi connectivity index (χ0) is 21.6. The maximum absolute atomic E-state index is 14.6. The van der Waals surface area contributed by atoms with E-state index in [1.807, 2.05) is 98.8 Å². The summed E-state index contributed by atoms with van der Waals surface area (Å²) in [4.78, 5) is 0. The van der Waals surface area contributed by atoms with Crippen molar-refractivity contribution in [1.29, 1.82) is 5.26 Å². The van der Waals surface area contributed by atoms with Gasteiger partial charge >= 0.3 is 0 Å². The first-order valence-corrected chi connectivity index (χ1v) is 11.4. The van der Waals surface area contributed by atoms with Crippen molar-refractivity contribution in [2.75, 3.05) is 7.11 Å². The summed E-state index contributed by atoms with van der Waals surface area (Å²) in [5, 5.41) is 14.7. The van der Waals surface area contributed by atoms with E-state index in [1.165, 1.54) is 0 Å². The van der Waals surface area contributed by atoms with Crippen molar-refractivity contribution in [3.8, 4) is 11.8 Å². The Morgan fingerprint density at radius 1 is 1.00 bits per heavy atom. The highest BCUT2D eigenvalue weighted by Crippen LogP contribution is 2.46. The quantitative estimate of drug-likeness (QED) is 0.440. The normalized spacial score (nSPS) is 13.9. The van der Waals surface area contributed by atoms with Crippen LogP contribution in [0.25, 0.3) is 0 Å². The molecule has 0 spiro atoms. The second kappa shape index (κ2) is 9.13. The molecule has 3 aromatic rings. The number of ether oxygens (including phenoxy) is 1. The Morgan fingerprint density at radius 2 is 1.57 bits per heavy atom. The fraction of sp³-hybridized carbons (Fsp3) is 0.160. The monoisotopic (exact) mass is 416 g/mol. The van der Waals surface area contributed by atoms with Crippen molar-refractivity contribution in [1.82, 2.24) is 5.09 Å². The lowest BCUT2D eigenvalue weighted by molar-refractivity contribution is 0.412. The van der Waals surface area contributed by atoms with Gasteiger partial charge in [-0.3, -0.25) is 4.57 Å². The molecule has 0 aliphatic carbocycles. The molecular weight excluding hydrogens is 391 g/mol. The molecule has 5 heteroatoms. The zero-order valence-corrected chi connectivity index (χ0v) is 18.3. The van der Waals surface area contributed by atoms with E-state index < -0.39 is 12.8 Å². The van der Waals surface area contributed by atoms with E-state index in [4.69, 9.17) is 4.74 Å². The molecule has 0 heterocycles. The van der Waals surface area contributed by atoms with Gasteiger partial charge < -0.3 is 4.74 Å². The molecule has 0 aromatic heterocycles. The SMILES string of the molecule is C/C=C(\C#N)[C@@](C)(NP(=O)(c1ccccc1)c1ccccc1)c1cccc(OC)c1. The van der Waals surface area contributed by atoms with Crippen molar-refractivity contribution in [3.05, 3.63) is 102 Å². The fourth-order valence-corrected chi connectivity index (χ4v) is 6.17. The summed E-state index contributed by atoms with van der Waals surface area (Å²) in [7, 11) is -1.70. The second-order valence-corrected chi connectivity index (χ2v) is 9.54. The molecule has 0 amide bonds. The lowest BCUT2D eigenvalue weighted by atomic mass is 9.85. The highest BCUT2D eigenvalue weighted by Gasteiger charge is 2.40. The summed E-state index contributed by atoms with van der Waals surface area (Å²) >= 11 is 0. The fourth-order valence-electron chi connectivity index (χ4n) is 3.55. The molecule has 0 radical (unpaired) electrons.